The Labute approximate surface area is 77.0 Å². The lowest BCUT2D eigenvalue weighted by Crippen LogP contribution is -2.43. The van der Waals surface area contributed by atoms with Gasteiger partial charge in [0, 0.05) is 0 Å². The highest BCUT2D eigenvalue weighted by atomic mass is 32.3. The fraction of sp³-hybridized carbons (Fsp3) is 1.00. The van der Waals surface area contributed by atoms with Gasteiger partial charge in [0.2, 0.25) is 0 Å². The zero-order chi connectivity index (χ0) is 10.9. The Kier molecular flexibility index (Phi) is 3.47. The van der Waals surface area contributed by atoms with Crippen molar-refractivity contribution in [3.05, 3.63) is 0 Å². The summed E-state index contributed by atoms with van der Waals surface area (Å²) in [6.07, 6.45) is 0. The van der Waals surface area contributed by atoms with Crippen molar-refractivity contribution in [2.75, 3.05) is 11.9 Å². The van der Waals surface area contributed by atoms with E-state index in [1.807, 2.05) is 0 Å². The molecule has 0 aliphatic rings. The second-order valence-corrected chi connectivity index (χ2v) is 8.16. The molecule has 0 aromatic carbocycles. The molecule has 0 amide bonds. The molecule has 8 heteroatoms. The number of aliphatic hydroxyl groups is 2. The minimum absolute atomic E-state index is 0.921. The molecule has 0 aliphatic heterocycles. The standard InChI is InChI=1S/C5H12O6S2/c1-5(2,12(8,9)3-6)13(10,11)4-7/h6-7H,3-4H2,1-2H3. The average Bonchev–Trinajstić information content (AvgIpc) is 2.03. The molecule has 0 fully saturated rings. The first kappa shape index (κ1) is 12.8. The second-order valence-electron chi connectivity index (χ2n) is 2.89. The van der Waals surface area contributed by atoms with Gasteiger partial charge in [-0.15, -0.1) is 0 Å². The molecule has 0 rings (SSSR count). The van der Waals surface area contributed by atoms with Gasteiger partial charge in [0.05, 0.1) is 0 Å². The quantitative estimate of drug-likeness (QED) is 0.607. The Bertz CT molecular complexity index is 326. The van der Waals surface area contributed by atoms with Crippen molar-refractivity contribution in [2.45, 2.75) is 17.9 Å². The van der Waals surface area contributed by atoms with Gasteiger partial charge in [-0.3, -0.25) is 0 Å². The molecule has 0 aromatic heterocycles. The summed E-state index contributed by atoms with van der Waals surface area (Å²) < 4.78 is 42.2. The second kappa shape index (κ2) is 3.52. The van der Waals surface area contributed by atoms with E-state index in [9.17, 15) is 16.8 Å². The summed E-state index contributed by atoms with van der Waals surface area (Å²) in [5.41, 5.74) is 0. The Balaban J connectivity index is 5.49. The maximum atomic E-state index is 11.1. The van der Waals surface area contributed by atoms with Gasteiger partial charge in [0.15, 0.2) is 23.8 Å². The van der Waals surface area contributed by atoms with Crippen LogP contribution in [0.5, 0.6) is 0 Å². The Morgan fingerprint density at radius 1 is 0.923 bits per heavy atom. The van der Waals surface area contributed by atoms with E-state index < -0.39 is 35.6 Å². The topological polar surface area (TPSA) is 109 Å². The molecule has 13 heavy (non-hydrogen) atoms. The molecule has 80 valence electrons. The van der Waals surface area contributed by atoms with Crippen LogP contribution in [0.2, 0.25) is 0 Å². The van der Waals surface area contributed by atoms with Gasteiger partial charge in [-0.1, -0.05) is 0 Å². The van der Waals surface area contributed by atoms with Crippen LogP contribution in [-0.4, -0.2) is 43.0 Å². The molecule has 0 spiro atoms. The van der Waals surface area contributed by atoms with E-state index >= 15 is 0 Å². The minimum Gasteiger partial charge on any atom is -0.380 e. The van der Waals surface area contributed by atoms with E-state index in [-0.39, 0.29) is 0 Å². The molecular formula is C5H12O6S2. The van der Waals surface area contributed by atoms with E-state index in [4.69, 9.17) is 10.2 Å². The Morgan fingerprint density at radius 3 is 1.31 bits per heavy atom. The molecule has 0 bridgehead atoms. The molecule has 0 saturated carbocycles. The molecule has 6 nitrogen and oxygen atoms in total. The Hall–Kier alpha value is -0.180. The Morgan fingerprint density at radius 2 is 1.15 bits per heavy atom. The van der Waals surface area contributed by atoms with Crippen molar-refractivity contribution in [1.82, 2.24) is 0 Å². The van der Waals surface area contributed by atoms with E-state index in [0.717, 1.165) is 13.8 Å². The molecule has 0 aliphatic carbocycles. The largest absolute Gasteiger partial charge is 0.380 e. The zero-order valence-corrected chi connectivity index (χ0v) is 8.89. The third-order valence-electron chi connectivity index (χ3n) is 1.84. The van der Waals surface area contributed by atoms with E-state index in [1.54, 1.807) is 0 Å². The molecule has 0 heterocycles. The van der Waals surface area contributed by atoms with Crippen LogP contribution in [0.3, 0.4) is 0 Å². The maximum absolute atomic E-state index is 11.1. The fourth-order valence-corrected chi connectivity index (χ4v) is 2.99. The number of aliphatic hydroxyl groups excluding tert-OH is 2. The molecular weight excluding hydrogens is 220 g/mol. The van der Waals surface area contributed by atoms with Gasteiger partial charge in [-0.2, -0.15) is 0 Å². The van der Waals surface area contributed by atoms with Crippen molar-refractivity contribution < 1.29 is 27.0 Å². The molecule has 0 aromatic rings. The van der Waals surface area contributed by atoms with Gasteiger partial charge in [0.25, 0.3) is 0 Å². The summed E-state index contributed by atoms with van der Waals surface area (Å²) >= 11 is 0. The van der Waals surface area contributed by atoms with E-state index in [2.05, 4.69) is 0 Å². The van der Waals surface area contributed by atoms with Crippen LogP contribution in [-0.2, 0) is 19.7 Å². The molecule has 0 radical (unpaired) electrons. The van der Waals surface area contributed by atoms with Crippen molar-refractivity contribution in [3.8, 4) is 0 Å². The maximum Gasteiger partial charge on any atom is 0.193 e. The van der Waals surface area contributed by atoms with Crippen LogP contribution >= 0.6 is 0 Å². The SMILES string of the molecule is CC(C)(S(=O)(=O)CO)S(=O)(=O)CO. The summed E-state index contributed by atoms with van der Waals surface area (Å²) in [4.78, 5) is 0. The first-order valence-electron chi connectivity index (χ1n) is 3.28. The molecule has 0 atom stereocenters. The predicted molar refractivity (Wildman–Crippen MR) is 46.1 cm³/mol. The summed E-state index contributed by atoms with van der Waals surface area (Å²) in [7, 11) is -8.32. The van der Waals surface area contributed by atoms with Crippen LogP contribution in [0.1, 0.15) is 13.8 Å². The average molecular weight is 232 g/mol. The van der Waals surface area contributed by atoms with Gasteiger partial charge >= 0.3 is 0 Å². The third-order valence-corrected chi connectivity index (χ3v) is 7.04. The van der Waals surface area contributed by atoms with Gasteiger partial charge in [0.1, 0.15) is 11.9 Å². The van der Waals surface area contributed by atoms with Crippen LogP contribution in [0.4, 0.5) is 0 Å². The van der Waals surface area contributed by atoms with Crippen LogP contribution in [0.25, 0.3) is 0 Å². The minimum atomic E-state index is -4.16. The number of hydrogen-bond acceptors (Lipinski definition) is 6. The lowest BCUT2D eigenvalue weighted by Gasteiger charge is -2.22. The molecule has 0 unspecified atom stereocenters. The van der Waals surface area contributed by atoms with Crippen molar-refractivity contribution in [2.24, 2.45) is 0 Å². The summed E-state index contributed by atoms with van der Waals surface area (Å²) in [6, 6.07) is 0. The van der Waals surface area contributed by atoms with Gasteiger partial charge in [-0.25, -0.2) is 16.8 Å². The highest BCUT2D eigenvalue weighted by molar-refractivity contribution is 8.10. The van der Waals surface area contributed by atoms with Gasteiger partial charge < -0.3 is 10.2 Å². The smallest absolute Gasteiger partial charge is 0.193 e. The highest BCUT2D eigenvalue weighted by Crippen LogP contribution is 2.24. The predicted octanol–water partition coefficient (Wildman–Crippen LogP) is -1.55. The summed E-state index contributed by atoms with van der Waals surface area (Å²) in [6.45, 7) is 1.84. The van der Waals surface area contributed by atoms with Crippen molar-refractivity contribution in [1.29, 1.82) is 0 Å². The lowest BCUT2D eigenvalue weighted by atomic mass is 10.5. The van der Waals surface area contributed by atoms with E-state index in [0.29, 0.717) is 0 Å². The first-order chi connectivity index (χ1) is 5.62. The van der Waals surface area contributed by atoms with Crippen LogP contribution in [0.15, 0.2) is 0 Å². The van der Waals surface area contributed by atoms with Crippen LogP contribution < -0.4 is 0 Å². The summed E-state index contributed by atoms with van der Waals surface area (Å²) in [5.74, 6) is -2.53. The zero-order valence-electron chi connectivity index (χ0n) is 7.26. The lowest BCUT2D eigenvalue weighted by molar-refractivity contribution is 0.348. The number of rotatable bonds is 4. The number of hydrogen-bond donors (Lipinski definition) is 2. The van der Waals surface area contributed by atoms with Crippen molar-refractivity contribution in [3.63, 3.8) is 0 Å². The van der Waals surface area contributed by atoms with Crippen LogP contribution in [0, 0.1) is 0 Å². The number of sulfone groups is 2. The fourth-order valence-electron chi connectivity index (χ4n) is 0.504. The first-order valence-corrected chi connectivity index (χ1v) is 6.59. The van der Waals surface area contributed by atoms with E-state index in [1.165, 1.54) is 0 Å². The molecule has 2 N–H and O–H groups in total. The third kappa shape index (κ3) is 2.01. The van der Waals surface area contributed by atoms with Gasteiger partial charge in [-0.05, 0) is 13.8 Å². The summed E-state index contributed by atoms with van der Waals surface area (Å²) in [5, 5.41) is 16.9. The monoisotopic (exact) mass is 232 g/mol. The van der Waals surface area contributed by atoms with Crippen molar-refractivity contribution >= 4 is 19.7 Å². The normalized spacial score (nSPS) is 14.5. The highest BCUT2D eigenvalue weighted by Gasteiger charge is 2.45. The molecule has 0 saturated heterocycles.